The van der Waals surface area contributed by atoms with Crippen LogP contribution in [0.5, 0.6) is 0 Å². The second kappa shape index (κ2) is 9.60. The molecule has 0 spiro atoms. The van der Waals surface area contributed by atoms with E-state index in [9.17, 15) is 22.4 Å². The molecule has 1 N–H and O–H groups in total. The lowest BCUT2D eigenvalue weighted by Gasteiger charge is -2.11. The number of hydrogen-bond acceptors (Lipinski definition) is 4. The van der Waals surface area contributed by atoms with E-state index in [2.05, 4.69) is 36.4 Å². The third kappa shape index (κ3) is 5.20. The number of nitrogens with zero attached hydrogens (tertiary/aromatic N) is 5. The first-order valence-corrected chi connectivity index (χ1v) is 11.8. The summed E-state index contributed by atoms with van der Waals surface area (Å²) in [5.74, 6) is -1.12. The van der Waals surface area contributed by atoms with Crippen molar-refractivity contribution < 1.29 is 22.4 Å². The lowest BCUT2D eigenvalue weighted by atomic mass is 10.1. The van der Waals surface area contributed by atoms with Gasteiger partial charge in [0.2, 0.25) is 0 Å². The third-order valence-corrected chi connectivity index (χ3v) is 6.16. The van der Waals surface area contributed by atoms with Crippen LogP contribution < -0.4 is 5.32 Å². The van der Waals surface area contributed by atoms with Crippen molar-refractivity contribution in [2.24, 2.45) is 0 Å². The van der Waals surface area contributed by atoms with Gasteiger partial charge in [0, 0.05) is 28.4 Å². The van der Waals surface area contributed by atoms with Gasteiger partial charge in [0.25, 0.3) is 5.91 Å². The van der Waals surface area contributed by atoms with Gasteiger partial charge in [0.1, 0.15) is 5.82 Å². The molecule has 5 rings (SSSR count). The number of amides is 1. The van der Waals surface area contributed by atoms with Crippen molar-refractivity contribution in [2.75, 3.05) is 5.32 Å². The van der Waals surface area contributed by atoms with E-state index < -0.39 is 23.6 Å². The van der Waals surface area contributed by atoms with E-state index in [1.54, 1.807) is 30.3 Å². The highest BCUT2D eigenvalue weighted by Gasteiger charge is 2.35. The van der Waals surface area contributed by atoms with Gasteiger partial charge in [-0.15, -0.1) is 0 Å². The van der Waals surface area contributed by atoms with Crippen molar-refractivity contribution in [2.45, 2.75) is 12.7 Å². The number of fused-ring (bicyclic) bond motifs is 1. The highest BCUT2D eigenvalue weighted by molar-refractivity contribution is 9.10. The Labute approximate surface area is 219 Å². The molecule has 0 aliphatic heterocycles. The molecule has 0 unspecified atom stereocenters. The van der Waals surface area contributed by atoms with Crippen LogP contribution in [0, 0.1) is 5.82 Å². The van der Waals surface area contributed by atoms with Gasteiger partial charge in [-0.2, -0.15) is 23.4 Å². The zero-order chi connectivity index (χ0) is 26.3. The second-order valence-corrected chi connectivity index (χ2v) is 9.19. The quantitative estimate of drug-likeness (QED) is 0.237. The van der Waals surface area contributed by atoms with Crippen LogP contribution in [0.2, 0.25) is 5.02 Å². The minimum Gasteiger partial charge on any atom is -0.303 e. The first kappa shape index (κ1) is 24.9. The van der Waals surface area contributed by atoms with Crippen molar-refractivity contribution >= 4 is 44.9 Å². The molecular formula is C24H14BrClF4N6O. The smallest absolute Gasteiger partial charge is 0.303 e. The molecule has 0 aliphatic carbocycles. The number of rotatable bonds is 5. The number of anilines is 1. The number of carbonyl (C=O) groups excluding carboxylic acids is 1. The maximum absolute atomic E-state index is 14.0. The van der Waals surface area contributed by atoms with E-state index in [4.69, 9.17) is 11.6 Å². The maximum Gasteiger partial charge on any atom is 0.433 e. The normalized spacial score (nSPS) is 11.7. The summed E-state index contributed by atoms with van der Waals surface area (Å²) in [6.07, 6.45) is -3.23. The molecule has 0 saturated carbocycles. The molecule has 3 aromatic heterocycles. The van der Waals surface area contributed by atoms with Crippen LogP contribution >= 0.6 is 27.5 Å². The second-order valence-electron chi connectivity index (χ2n) is 7.90. The Morgan fingerprint density at radius 3 is 2.49 bits per heavy atom. The number of benzene rings is 2. The lowest BCUT2D eigenvalue weighted by Crippen LogP contribution is -2.16. The molecule has 3 heterocycles. The predicted molar refractivity (Wildman–Crippen MR) is 132 cm³/mol. The van der Waals surface area contributed by atoms with Crippen molar-refractivity contribution in [3.8, 4) is 11.3 Å². The van der Waals surface area contributed by atoms with E-state index in [0.717, 1.165) is 12.1 Å². The van der Waals surface area contributed by atoms with Crippen LogP contribution in [0.1, 0.15) is 21.7 Å². The molecular weight excluding hydrogens is 580 g/mol. The number of hydrogen-bond donors (Lipinski definition) is 1. The van der Waals surface area contributed by atoms with Crippen LogP contribution in [0.4, 0.5) is 23.4 Å². The molecule has 0 aliphatic rings. The van der Waals surface area contributed by atoms with Gasteiger partial charge in [-0.3, -0.25) is 9.48 Å². The number of carbonyl (C=O) groups is 1. The van der Waals surface area contributed by atoms with Crippen molar-refractivity contribution in [1.29, 1.82) is 0 Å². The third-order valence-electron chi connectivity index (χ3n) is 5.33. The summed E-state index contributed by atoms with van der Waals surface area (Å²) in [7, 11) is 0. The molecule has 13 heteroatoms. The summed E-state index contributed by atoms with van der Waals surface area (Å²) in [4.78, 5) is 17.1. The van der Waals surface area contributed by atoms with Gasteiger partial charge in [-0.25, -0.2) is 13.9 Å². The summed E-state index contributed by atoms with van der Waals surface area (Å²) in [5, 5.41) is 11.0. The van der Waals surface area contributed by atoms with Crippen LogP contribution in [-0.4, -0.2) is 30.3 Å². The zero-order valence-electron chi connectivity index (χ0n) is 18.5. The van der Waals surface area contributed by atoms with Crippen LogP contribution in [-0.2, 0) is 12.7 Å². The molecule has 5 aromatic rings. The Balaban J connectivity index is 1.45. The number of halogens is 6. The topological polar surface area (TPSA) is 77.1 Å². The van der Waals surface area contributed by atoms with Gasteiger partial charge in [-0.05, 0) is 40.2 Å². The molecule has 0 radical (unpaired) electrons. The highest BCUT2D eigenvalue weighted by Crippen LogP contribution is 2.33. The fourth-order valence-corrected chi connectivity index (χ4v) is 4.13. The van der Waals surface area contributed by atoms with E-state index in [-0.39, 0.29) is 29.4 Å². The number of alkyl halides is 3. The van der Waals surface area contributed by atoms with Gasteiger partial charge in [0.15, 0.2) is 22.9 Å². The lowest BCUT2D eigenvalue weighted by molar-refractivity contribution is -0.142. The van der Waals surface area contributed by atoms with Crippen LogP contribution in [0.15, 0.2) is 71.3 Å². The van der Waals surface area contributed by atoms with Gasteiger partial charge in [0.05, 0.1) is 16.7 Å². The Morgan fingerprint density at radius 1 is 1.05 bits per heavy atom. The SMILES string of the molecule is O=C(Nc1nn(Cc2ccccc2F)cc1Br)c1cc2nc(-c3ccc(Cl)cc3)cc(C(F)(F)F)n2n1. The summed E-state index contributed by atoms with van der Waals surface area (Å²) >= 11 is 9.15. The van der Waals surface area contributed by atoms with Gasteiger partial charge >= 0.3 is 6.18 Å². The standard InChI is InChI=1S/C24H14BrClF4N6O/c25-16-12-35(11-14-3-1-2-4-17(14)27)34-22(16)32-23(37)19-10-21-31-18(13-5-7-15(26)8-6-13)9-20(24(28,29)30)36(21)33-19/h1-10,12H,11H2,(H,32,34,37). The first-order chi connectivity index (χ1) is 17.6. The van der Waals surface area contributed by atoms with Crippen LogP contribution in [0.3, 0.4) is 0 Å². The van der Waals surface area contributed by atoms with E-state index in [1.807, 2.05) is 0 Å². The monoisotopic (exact) mass is 592 g/mol. The van der Waals surface area contributed by atoms with Crippen LogP contribution in [0.25, 0.3) is 16.9 Å². The fourth-order valence-electron chi connectivity index (χ4n) is 3.59. The average molecular weight is 594 g/mol. The molecule has 37 heavy (non-hydrogen) atoms. The minimum atomic E-state index is -4.77. The Kier molecular flexibility index (Phi) is 6.46. The van der Waals surface area contributed by atoms with Crippen molar-refractivity contribution in [3.05, 3.63) is 99.1 Å². The molecule has 188 valence electrons. The Morgan fingerprint density at radius 2 is 1.78 bits per heavy atom. The minimum absolute atomic E-state index is 0.0398. The number of nitrogens with one attached hydrogen (secondary N) is 1. The largest absolute Gasteiger partial charge is 0.433 e. The predicted octanol–water partition coefficient (Wildman–Crippen LogP) is 6.47. The summed E-state index contributed by atoms with van der Waals surface area (Å²) in [6.45, 7) is 0.0991. The highest BCUT2D eigenvalue weighted by atomic mass is 79.9. The molecule has 0 bridgehead atoms. The average Bonchev–Trinajstić information content (AvgIpc) is 3.43. The van der Waals surface area contributed by atoms with Crippen molar-refractivity contribution in [1.82, 2.24) is 24.4 Å². The Hall–Kier alpha value is -3.77. The summed E-state index contributed by atoms with van der Waals surface area (Å²) < 4.78 is 57.9. The van der Waals surface area contributed by atoms with Crippen molar-refractivity contribution in [3.63, 3.8) is 0 Å². The summed E-state index contributed by atoms with van der Waals surface area (Å²) in [5.41, 5.74) is -0.738. The molecule has 2 aromatic carbocycles. The zero-order valence-corrected chi connectivity index (χ0v) is 20.8. The fraction of sp³-hybridized carbons (Fsp3) is 0.0833. The van der Waals surface area contributed by atoms with E-state index in [1.165, 1.54) is 29.1 Å². The van der Waals surface area contributed by atoms with E-state index >= 15 is 0 Å². The maximum atomic E-state index is 14.0. The molecule has 7 nitrogen and oxygen atoms in total. The molecule has 1 amide bonds. The van der Waals surface area contributed by atoms with E-state index in [0.29, 0.717) is 25.1 Å². The molecule has 0 fully saturated rings. The molecule has 0 saturated heterocycles. The number of aromatic nitrogens is 5. The Bertz CT molecular complexity index is 1630. The first-order valence-electron chi connectivity index (χ1n) is 10.6. The summed E-state index contributed by atoms with van der Waals surface area (Å²) in [6, 6.07) is 14.3. The van der Waals surface area contributed by atoms with Gasteiger partial charge in [-0.1, -0.05) is 41.9 Å². The van der Waals surface area contributed by atoms with Gasteiger partial charge < -0.3 is 5.32 Å². The molecule has 0 atom stereocenters.